The van der Waals surface area contributed by atoms with Crippen LogP contribution in [0.4, 0.5) is 11.4 Å². The zero-order valence-corrected chi connectivity index (χ0v) is 12.4. The number of carbonyl (C=O) groups excluding carboxylic acids is 1. The molecule has 114 valence electrons. The molecule has 2 rings (SSSR count). The normalized spacial score (nSPS) is 19.9. The molecule has 0 aromatic heterocycles. The Kier molecular flexibility index (Phi) is 4.77. The van der Waals surface area contributed by atoms with Crippen LogP contribution in [0, 0.1) is 22.0 Å². The van der Waals surface area contributed by atoms with Crippen LogP contribution in [0.15, 0.2) is 18.2 Å². The minimum Gasteiger partial charge on any atom is -0.379 e. The molecule has 21 heavy (non-hydrogen) atoms. The van der Waals surface area contributed by atoms with Crippen molar-refractivity contribution in [3.05, 3.63) is 33.9 Å². The summed E-state index contributed by atoms with van der Waals surface area (Å²) >= 11 is 0. The zero-order chi connectivity index (χ0) is 15.4. The Morgan fingerprint density at radius 1 is 1.48 bits per heavy atom. The van der Waals surface area contributed by atoms with E-state index in [-0.39, 0.29) is 11.6 Å². The fourth-order valence-electron chi connectivity index (χ4n) is 2.25. The fourth-order valence-corrected chi connectivity index (χ4v) is 2.25. The molecule has 1 aliphatic carbocycles. The van der Waals surface area contributed by atoms with Crippen LogP contribution in [-0.2, 0) is 0 Å². The van der Waals surface area contributed by atoms with Crippen molar-refractivity contribution in [3.8, 4) is 0 Å². The second-order valence-electron chi connectivity index (χ2n) is 5.60. The highest BCUT2D eigenvalue weighted by Crippen LogP contribution is 2.36. The first-order valence-corrected chi connectivity index (χ1v) is 7.33. The maximum absolute atomic E-state index is 12.1. The summed E-state index contributed by atoms with van der Waals surface area (Å²) in [5.74, 6) is 1.08. The summed E-state index contributed by atoms with van der Waals surface area (Å²) in [5.41, 5.74) is 0.845. The molecule has 1 saturated carbocycles. The monoisotopic (exact) mass is 291 g/mol. The molecule has 1 aromatic rings. The van der Waals surface area contributed by atoms with E-state index in [2.05, 4.69) is 17.6 Å². The molecule has 1 aromatic carbocycles. The third-order valence-corrected chi connectivity index (χ3v) is 3.82. The van der Waals surface area contributed by atoms with Crippen LogP contribution in [-0.4, -0.2) is 23.9 Å². The molecular formula is C15H21N3O3. The Morgan fingerprint density at radius 2 is 2.19 bits per heavy atom. The molecular weight excluding hydrogens is 270 g/mol. The molecule has 0 radical (unpaired) electrons. The van der Waals surface area contributed by atoms with E-state index in [0.717, 1.165) is 12.8 Å². The van der Waals surface area contributed by atoms with Gasteiger partial charge >= 0.3 is 0 Å². The van der Waals surface area contributed by atoms with Gasteiger partial charge in [0.05, 0.1) is 4.92 Å². The van der Waals surface area contributed by atoms with Gasteiger partial charge in [-0.2, -0.15) is 0 Å². The molecule has 0 heterocycles. The molecule has 2 N–H and O–H groups in total. The summed E-state index contributed by atoms with van der Waals surface area (Å²) in [6, 6.07) is 4.44. The van der Waals surface area contributed by atoms with Gasteiger partial charge in [0.2, 0.25) is 0 Å². The van der Waals surface area contributed by atoms with Gasteiger partial charge in [-0.3, -0.25) is 14.9 Å². The number of hydrogen-bond acceptors (Lipinski definition) is 4. The maximum Gasteiger partial charge on any atom is 0.292 e. The molecule has 0 aliphatic heterocycles. The third kappa shape index (κ3) is 3.93. The minimum absolute atomic E-state index is 0.00387. The number of hydrogen-bond donors (Lipinski definition) is 2. The Morgan fingerprint density at radius 3 is 2.76 bits per heavy atom. The summed E-state index contributed by atoms with van der Waals surface area (Å²) in [7, 11) is 0. The maximum atomic E-state index is 12.1. The number of nitro groups is 1. The van der Waals surface area contributed by atoms with E-state index in [1.165, 1.54) is 12.1 Å². The lowest BCUT2D eigenvalue weighted by atomic mass is 10.1. The number of nitrogens with one attached hydrogen (secondary N) is 2. The number of nitro benzene ring substituents is 1. The highest BCUT2D eigenvalue weighted by molar-refractivity contribution is 5.95. The molecule has 6 heteroatoms. The first kappa shape index (κ1) is 15.3. The molecule has 2 unspecified atom stereocenters. The molecule has 0 bridgehead atoms. The summed E-state index contributed by atoms with van der Waals surface area (Å²) < 4.78 is 0. The minimum atomic E-state index is -0.439. The quantitative estimate of drug-likeness (QED) is 0.597. The SMILES string of the molecule is CCCNc1cc(C(=O)NCC2CC2C)ccc1[N+](=O)[O-]. The Balaban J connectivity index is 2.07. The average molecular weight is 291 g/mol. The molecule has 0 spiro atoms. The number of carbonyl (C=O) groups is 1. The van der Waals surface area contributed by atoms with Crippen LogP contribution < -0.4 is 10.6 Å². The van der Waals surface area contributed by atoms with Gasteiger partial charge in [-0.15, -0.1) is 0 Å². The number of benzene rings is 1. The lowest BCUT2D eigenvalue weighted by molar-refractivity contribution is -0.384. The smallest absolute Gasteiger partial charge is 0.292 e. The average Bonchev–Trinajstić information content (AvgIpc) is 3.17. The van der Waals surface area contributed by atoms with E-state index >= 15 is 0 Å². The van der Waals surface area contributed by atoms with Gasteiger partial charge in [-0.05, 0) is 36.8 Å². The second kappa shape index (κ2) is 6.56. The van der Waals surface area contributed by atoms with Crippen LogP contribution in [0.25, 0.3) is 0 Å². The van der Waals surface area contributed by atoms with Crippen LogP contribution in [0.3, 0.4) is 0 Å². The summed E-state index contributed by atoms with van der Waals surface area (Å²) in [6.07, 6.45) is 2.01. The largest absolute Gasteiger partial charge is 0.379 e. The fraction of sp³-hybridized carbons (Fsp3) is 0.533. The number of rotatable bonds is 7. The lowest BCUT2D eigenvalue weighted by Gasteiger charge is -2.09. The van der Waals surface area contributed by atoms with Gasteiger partial charge < -0.3 is 10.6 Å². The molecule has 2 atom stereocenters. The van der Waals surface area contributed by atoms with Crippen LogP contribution in [0.5, 0.6) is 0 Å². The number of anilines is 1. The molecule has 0 saturated heterocycles. The predicted octanol–water partition coefficient (Wildman–Crippen LogP) is 2.80. The van der Waals surface area contributed by atoms with Crippen molar-refractivity contribution in [2.45, 2.75) is 26.7 Å². The number of nitrogens with zero attached hydrogens (tertiary/aromatic N) is 1. The van der Waals surface area contributed by atoms with Gasteiger partial charge in [0.15, 0.2) is 0 Å². The van der Waals surface area contributed by atoms with Crippen molar-refractivity contribution < 1.29 is 9.72 Å². The second-order valence-corrected chi connectivity index (χ2v) is 5.60. The Labute approximate surface area is 124 Å². The summed E-state index contributed by atoms with van der Waals surface area (Å²) in [5, 5.41) is 16.9. The predicted molar refractivity (Wildman–Crippen MR) is 81.5 cm³/mol. The van der Waals surface area contributed by atoms with E-state index in [1.807, 2.05) is 6.92 Å². The van der Waals surface area contributed by atoms with Crippen molar-refractivity contribution >= 4 is 17.3 Å². The van der Waals surface area contributed by atoms with Gasteiger partial charge in [-0.1, -0.05) is 13.8 Å². The van der Waals surface area contributed by atoms with E-state index < -0.39 is 4.92 Å². The van der Waals surface area contributed by atoms with Gasteiger partial charge in [0.1, 0.15) is 5.69 Å². The van der Waals surface area contributed by atoms with Crippen molar-refractivity contribution in [3.63, 3.8) is 0 Å². The van der Waals surface area contributed by atoms with E-state index in [0.29, 0.717) is 36.2 Å². The summed E-state index contributed by atoms with van der Waals surface area (Å²) in [6.45, 7) is 5.45. The van der Waals surface area contributed by atoms with Crippen molar-refractivity contribution in [1.82, 2.24) is 5.32 Å². The van der Waals surface area contributed by atoms with E-state index in [1.54, 1.807) is 6.07 Å². The van der Waals surface area contributed by atoms with Gasteiger partial charge in [0.25, 0.3) is 11.6 Å². The van der Waals surface area contributed by atoms with E-state index in [4.69, 9.17) is 0 Å². The van der Waals surface area contributed by atoms with Crippen LogP contribution >= 0.6 is 0 Å². The highest BCUT2D eigenvalue weighted by atomic mass is 16.6. The molecule has 6 nitrogen and oxygen atoms in total. The van der Waals surface area contributed by atoms with Crippen molar-refractivity contribution in [2.24, 2.45) is 11.8 Å². The van der Waals surface area contributed by atoms with Crippen molar-refractivity contribution in [1.29, 1.82) is 0 Å². The first-order valence-electron chi connectivity index (χ1n) is 7.33. The van der Waals surface area contributed by atoms with E-state index in [9.17, 15) is 14.9 Å². The van der Waals surface area contributed by atoms with Crippen molar-refractivity contribution in [2.75, 3.05) is 18.4 Å². The lowest BCUT2D eigenvalue weighted by Crippen LogP contribution is -2.26. The third-order valence-electron chi connectivity index (χ3n) is 3.82. The Hall–Kier alpha value is -2.11. The van der Waals surface area contributed by atoms with Gasteiger partial charge in [0, 0.05) is 24.7 Å². The van der Waals surface area contributed by atoms with Crippen LogP contribution in [0.2, 0.25) is 0 Å². The zero-order valence-electron chi connectivity index (χ0n) is 12.4. The highest BCUT2D eigenvalue weighted by Gasteiger charge is 2.32. The first-order chi connectivity index (χ1) is 10.0. The molecule has 1 amide bonds. The topological polar surface area (TPSA) is 84.3 Å². The standard InChI is InChI=1S/C15H21N3O3/c1-3-6-16-13-8-11(4-5-14(13)18(20)21)15(19)17-9-12-7-10(12)2/h4-5,8,10,12,16H,3,6-7,9H2,1-2H3,(H,17,19). The van der Waals surface area contributed by atoms with Gasteiger partial charge in [-0.25, -0.2) is 0 Å². The summed E-state index contributed by atoms with van der Waals surface area (Å²) in [4.78, 5) is 22.6. The molecule has 1 fully saturated rings. The number of amides is 1. The molecule has 1 aliphatic rings. The van der Waals surface area contributed by atoms with Crippen LogP contribution in [0.1, 0.15) is 37.0 Å². The Bertz CT molecular complexity index is 545.